The van der Waals surface area contributed by atoms with Gasteiger partial charge in [0.2, 0.25) is 6.29 Å². The molecule has 1 aliphatic heterocycles. The summed E-state index contributed by atoms with van der Waals surface area (Å²) in [5.74, 6) is -0.905. The lowest BCUT2D eigenvalue weighted by Gasteiger charge is -2.27. The van der Waals surface area contributed by atoms with E-state index in [0.717, 1.165) is 37.3 Å². The zero-order valence-corrected chi connectivity index (χ0v) is 27.0. The summed E-state index contributed by atoms with van der Waals surface area (Å²) in [5, 5.41) is 62.2. The van der Waals surface area contributed by atoms with Gasteiger partial charge in [0, 0.05) is 70.0 Å². The molecule has 0 spiro atoms. The first-order valence-electron chi connectivity index (χ1n) is 15.7. The molecule has 1 heterocycles. The SMILES string of the molecule is Cc1cc(CN2CCN(Cc3ccccc3)CCN(Cc3cc(C)cc(NC(=O)C(O)CO)c3O)CC2)c(O)c(NOC(O)CO)c1. The Hall–Kier alpha value is -3.79. The molecule has 0 bridgehead atoms. The van der Waals surface area contributed by atoms with E-state index in [9.17, 15) is 25.2 Å². The first-order valence-corrected chi connectivity index (χ1v) is 15.7. The molecular weight excluding hydrogens is 606 g/mol. The van der Waals surface area contributed by atoms with Gasteiger partial charge in [-0.25, -0.2) is 4.84 Å². The van der Waals surface area contributed by atoms with E-state index in [2.05, 4.69) is 37.6 Å². The van der Waals surface area contributed by atoms with Gasteiger partial charge in [0.25, 0.3) is 5.91 Å². The average Bonchev–Trinajstić information content (AvgIpc) is 3.14. The van der Waals surface area contributed by atoms with Crippen LogP contribution in [0.25, 0.3) is 0 Å². The lowest BCUT2D eigenvalue weighted by molar-refractivity contribution is -0.125. The number of amides is 1. The van der Waals surface area contributed by atoms with Crippen LogP contribution in [0.5, 0.6) is 11.5 Å². The number of aryl methyl sites for hydroxylation is 2. The molecule has 0 radical (unpaired) electrons. The van der Waals surface area contributed by atoms with Crippen molar-refractivity contribution in [3.05, 3.63) is 82.4 Å². The molecule has 0 saturated carbocycles. The second-order valence-corrected chi connectivity index (χ2v) is 12.0. The number of hydrogen-bond acceptors (Lipinski definition) is 12. The van der Waals surface area contributed by atoms with Crippen LogP contribution in [0, 0.1) is 13.8 Å². The topological polar surface area (TPSA) is 181 Å². The van der Waals surface area contributed by atoms with Crippen molar-refractivity contribution in [3.8, 4) is 11.5 Å². The number of phenols is 2. The molecule has 4 rings (SSSR count). The molecule has 256 valence electrons. The largest absolute Gasteiger partial charge is 0.505 e. The van der Waals surface area contributed by atoms with Gasteiger partial charge in [-0.2, -0.15) is 0 Å². The number of nitrogens with zero attached hydrogens (tertiary/aromatic N) is 3. The van der Waals surface area contributed by atoms with Gasteiger partial charge in [-0.1, -0.05) is 42.5 Å². The summed E-state index contributed by atoms with van der Waals surface area (Å²) >= 11 is 0. The van der Waals surface area contributed by atoms with E-state index >= 15 is 0 Å². The van der Waals surface area contributed by atoms with Crippen molar-refractivity contribution in [1.29, 1.82) is 0 Å². The van der Waals surface area contributed by atoms with E-state index in [0.29, 0.717) is 43.9 Å². The van der Waals surface area contributed by atoms with Gasteiger partial charge in [0.1, 0.15) is 17.2 Å². The van der Waals surface area contributed by atoms with E-state index in [4.69, 9.17) is 15.1 Å². The maximum absolute atomic E-state index is 12.2. The van der Waals surface area contributed by atoms with Crippen molar-refractivity contribution < 1.29 is 40.3 Å². The van der Waals surface area contributed by atoms with E-state index in [1.54, 1.807) is 12.1 Å². The first kappa shape index (κ1) is 36.1. The summed E-state index contributed by atoms with van der Waals surface area (Å²) in [4.78, 5) is 24.1. The Morgan fingerprint density at radius 2 is 1.23 bits per heavy atom. The molecule has 13 nitrogen and oxygen atoms in total. The van der Waals surface area contributed by atoms with Crippen molar-refractivity contribution >= 4 is 17.3 Å². The fourth-order valence-corrected chi connectivity index (χ4v) is 5.57. The van der Waals surface area contributed by atoms with Crippen molar-refractivity contribution in [2.24, 2.45) is 0 Å². The average molecular weight is 654 g/mol. The van der Waals surface area contributed by atoms with Crippen molar-refractivity contribution in [3.63, 3.8) is 0 Å². The Kier molecular flexibility index (Phi) is 13.3. The van der Waals surface area contributed by atoms with Crippen LogP contribution in [0.4, 0.5) is 11.4 Å². The molecule has 1 amide bonds. The van der Waals surface area contributed by atoms with Crippen LogP contribution in [-0.4, -0.2) is 116 Å². The Bertz CT molecular complexity index is 1460. The second-order valence-electron chi connectivity index (χ2n) is 12.0. The van der Waals surface area contributed by atoms with E-state index in [-0.39, 0.29) is 22.9 Å². The smallest absolute Gasteiger partial charge is 0.255 e. The molecule has 1 aliphatic rings. The van der Waals surface area contributed by atoms with Gasteiger partial charge < -0.3 is 36.0 Å². The van der Waals surface area contributed by atoms with E-state index in [1.165, 1.54) is 5.56 Å². The quantitative estimate of drug-likeness (QED) is 0.0758. The Balaban J connectivity index is 1.56. The van der Waals surface area contributed by atoms with Gasteiger partial charge in [-0.3, -0.25) is 25.0 Å². The van der Waals surface area contributed by atoms with E-state index < -0.39 is 31.5 Å². The Morgan fingerprint density at radius 1 is 0.745 bits per heavy atom. The number of hydrogen-bond donors (Lipinski definition) is 8. The van der Waals surface area contributed by atoms with Gasteiger partial charge in [0.15, 0.2) is 6.10 Å². The number of nitrogens with one attached hydrogen (secondary N) is 2. The number of aromatic hydroxyl groups is 2. The number of phenolic OH excluding ortho intramolecular Hbond substituents is 2. The third kappa shape index (κ3) is 10.6. The van der Waals surface area contributed by atoms with Crippen LogP contribution in [0.15, 0.2) is 54.6 Å². The number of aliphatic hydroxyl groups is 4. The van der Waals surface area contributed by atoms with Crippen LogP contribution in [0.3, 0.4) is 0 Å². The number of carbonyl (C=O) groups excluding carboxylic acids is 1. The van der Waals surface area contributed by atoms with Crippen LogP contribution in [0.1, 0.15) is 27.8 Å². The fraction of sp³-hybridized carbons (Fsp3) is 0.441. The molecule has 1 saturated heterocycles. The maximum Gasteiger partial charge on any atom is 0.255 e. The highest BCUT2D eigenvalue weighted by Crippen LogP contribution is 2.32. The summed E-state index contributed by atoms with van der Waals surface area (Å²) in [6.45, 7) is 8.35. The number of aliphatic hydroxyl groups excluding tert-OH is 4. The molecular formula is C34H47N5O8. The summed E-state index contributed by atoms with van der Waals surface area (Å²) in [7, 11) is 0. The molecule has 47 heavy (non-hydrogen) atoms. The lowest BCUT2D eigenvalue weighted by Crippen LogP contribution is -2.35. The standard InChI is InChI=1S/C34H47N5O8/c1-23-14-26(32(44)28(16-23)35-34(46)30(42)21-40)19-38-10-8-37(18-25-6-4-3-5-7-25)9-11-39(13-12-38)20-27-15-24(2)17-29(33(27)45)36-47-31(43)22-41/h3-7,14-17,30-31,36,40-45H,8-13,18-22H2,1-2H3,(H,35,46). The minimum atomic E-state index is -1.60. The van der Waals surface area contributed by atoms with Gasteiger partial charge in [-0.15, -0.1) is 0 Å². The van der Waals surface area contributed by atoms with Crippen LogP contribution in [0.2, 0.25) is 0 Å². The monoisotopic (exact) mass is 653 g/mol. The molecule has 0 aliphatic carbocycles. The highest BCUT2D eigenvalue weighted by molar-refractivity contribution is 5.95. The van der Waals surface area contributed by atoms with Crippen molar-refractivity contribution in [2.45, 2.75) is 45.9 Å². The van der Waals surface area contributed by atoms with E-state index in [1.807, 2.05) is 44.2 Å². The number of carbonyl (C=O) groups is 1. The normalized spacial score (nSPS) is 16.6. The van der Waals surface area contributed by atoms with Gasteiger partial charge in [-0.05, 0) is 42.7 Å². The molecule has 8 N–H and O–H groups in total. The maximum atomic E-state index is 12.2. The Labute approximate surface area is 275 Å². The number of benzene rings is 3. The molecule has 2 atom stereocenters. The zero-order valence-electron chi connectivity index (χ0n) is 27.0. The highest BCUT2D eigenvalue weighted by Gasteiger charge is 2.22. The second kappa shape index (κ2) is 17.4. The highest BCUT2D eigenvalue weighted by atomic mass is 16.7. The Morgan fingerprint density at radius 3 is 1.74 bits per heavy atom. The van der Waals surface area contributed by atoms with Crippen molar-refractivity contribution in [2.75, 3.05) is 63.3 Å². The summed E-state index contributed by atoms with van der Waals surface area (Å²) in [6, 6.07) is 17.3. The molecule has 3 aromatic carbocycles. The van der Waals surface area contributed by atoms with Gasteiger partial charge >= 0.3 is 0 Å². The summed E-state index contributed by atoms with van der Waals surface area (Å²) in [5.41, 5.74) is 7.20. The van der Waals surface area contributed by atoms with Gasteiger partial charge in [0.05, 0.1) is 18.9 Å². The van der Waals surface area contributed by atoms with Crippen LogP contribution >= 0.6 is 0 Å². The fourth-order valence-electron chi connectivity index (χ4n) is 5.57. The minimum Gasteiger partial charge on any atom is -0.505 e. The minimum absolute atomic E-state index is 0.0100. The predicted molar refractivity (Wildman–Crippen MR) is 177 cm³/mol. The van der Waals surface area contributed by atoms with Crippen molar-refractivity contribution in [1.82, 2.24) is 14.7 Å². The third-order valence-electron chi connectivity index (χ3n) is 8.10. The third-order valence-corrected chi connectivity index (χ3v) is 8.10. The molecule has 1 fully saturated rings. The molecule has 0 aromatic heterocycles. The predicted octanol–water partition coefficient (Wildman–Crippen LogP) is 1.48. The summed E-state index contributed by atoms with van der Waals surface area (Å²) in [6.07, 6.45) is -3.04. The molecule has 2 unspecified atom stereocenters. The molecule has 3 aromatic rings. The number of rotatable bonds is 13. The lowest BCUT2D eigenvalue weighted by atomic mass is 10.1. The summed E-state index contributed by atoms with van der Waals surface area (Å²) < 4.78 is 0. The first-order chi connectivity index (χ1) is 22.6. The molecule has 13 heteroatoms. The number of anilines is 2. The zero-order chi connectivity index (χ0) is 33.9. The van der Waals surface area contributed by atoms with Crippen LogP contribution in [-0.2, 0) is 29.3 Å². The van der Waals surface area contributed by atoms with Crippen LogP contribution < -0.4 is 10.8 Å².